The molecule has 1 aliphatic heterocycles. The number of rotatable bonds is 8. The van der Waals surface area contributed by atoms with Crippen LogP contribution in [0.5, 0.6) is 5.75 Å². The molecule has 0 saturated heterocycles. The molecular formula is C23H28BrN3O2. The summed E-state index contributed by atoms with van der Waals surface area (Å²) in [5.41, 5.74) is 3.05. The zero-order valence-electron chi connectivity index (χ0n) is 17.3. The quantitative estimate of drug-likeness (QED) is 0.567. The third kappa shape index (κ3) is 5.25. The van der Waals surface area contributed by atoms with Crippen LogP contribution < -0.4 is 4.74 Å². The maximum atomic E-state index is 13.1. The average molecular weight is 458 g/mol. The Morgan fingerprint density at radius 3 is 2.38 bits per heavy atom. The smallest absolute Gasteiger partial charge is 0.244 e. The van der Waals surface area contributed by atoms with Gasteiger partial charge in [-0.2, -0.15) is 5.10 Å². The molecule has 0 aliphatic carbocycles. The Morgan fingerprint density at radius 2 is 1.79 bits per heavy atom. The number of methoxy groups -OCH3 is 1. The lowest BCUT2D eigenvalue weighted by molar-refractivity contribution is -0.133. The van der Waals surface area contributed by atoms with Crippen LogP contribution in [-0.4, -0.2) is 48.3 Å². The van der Waals surface area contributed by atoms with E-state index in [-0.39, 0.29) is 11.9 Å². The molecule has 6 heteroatoms. The summed E-state index contributed by atoms with van der Waals surface area (Å²) in [6.45, 7) is 6.88. The topological polar surface area (TPSA) is 45.1 Å². The maximum Gasteiger partial charge on any atom is 0.244 e. The Labute approximate surface area is 181 Å². The maximum absolute atomic E-state index is 13.1. The van der Waals surface area contributed by atoms with Gasteiger partial charge >= 0.3 is 0 Å². The lowest BCUT2D eigenvalue weighted by Crippen LogP contribution is -2.32. The van der Waals surface area contributed by atoms with Crippen molar-refractivity contribution >= 4 is 27.5 Å². The fourth-order valence-corrected chi connectivity index (χ4v) is 3.82. The van der Waals surface area contributed by atoms with Crippen molar-refractivity contribution in [3.8, 4) is 5.75 Å². The van der Waals surface area contributed by atoms with Crippen LogP contribution in [-0.2, 0) is 4.79 Å². The first kappa shape index (κ1) is 21.5. The first-order valence-electron chi connectivity index (χ1n) is 10.1. The number of hydrazone groups is 1. The number of amides is 1. The average Bonchev–Trinajstić information content (AvgIpc) is 3.20. The molecule has 0 aromatic heterocycles. The zero-order chi connectivity index (χ0) is 20.8. The number of halogens is 1. The Morgan fingerprint density at radius 1 is 1.14 bits per heavy atom. The molecule has 3 rings (SSSR count). The lowest BCUT2D eigenvalue weighted by Gasteiger charge is -2.24. The molecule has 0 unspecified atom stereocenters. The lowest BCUT2D eigenvalue weighted by atomic mass is 9.98. The van der Waals surface area contributed by atoms with Gasteiger partial charge in [0.15, 0.2) is 0 Å². The van der Waals surface area contributed by atoms with Crippen molar-refractivity contribution in [2.45, 2.75) is 32.7 Å². The summed E-state index contributed by atoms with van der Waals surface area (Å²) in [6.07, 6.45) is 1.16. The minimum absolute atomic E-state index is 0.0600. The largest absolute Gasteiger partial charge is 0.497 e. The molecule has 0 saturated carbocycles. The van der Waals surface area contributed by atoms with Gasteiger partial charge in [-0.3, -0.25) is 4.79 Å². The van der Waals surface area contributed by atoms with Crippen LogP contribution in [0.2, 0.25) is 0 Å². The van der Waals surface area contributed by atoms with E-state index < -0.39 is 0 Å². The summed E-state index contributed by atoms with van der Waals surface area (Å²) >= 11 is 3.48. The number of nitrogens with zero attached hydrogens (tertiary/aromatic N) is 3. The molecule has 0 bridgehead atoms. The second-order valence-corrected chi connectivity index (χ2v) is 7.98. The number of carbonyl (C=O) groups excluding carboxylic acids is 1. The molecule has 1 heterocycles. The zero-order valence-corrected chi connectivity index (χ0v) is 18.9. The highest BCUT2D eigenvalue weighted by atomic mass is 79.9. The molecule has 5 nitrogen and oxygen atoms in total. The molecule has 0 fully saturated rings. The second kappa shape index (κ2) is 10.0. The Hall–Kier alpha value is -2.18. The molecule has 1 atom stereocenters. The third-order valence-corrected chi connectivity index (χ3v) is 5.91. The Balaban J connectivity index is 1.84. The van der Waals surface area contributed by atoms with Crippen molar-refractivity contribution in [3.05, 3.63) is 64.1 Å². The highest BCUT2D eigenvalue weighted by Gasteiger charge is 2.33. The molecule has 0 spiro atoms. The molecule has 0 N–H and O–H groups in total. The SMILES string of the molecule is CCN(CC)CCC(=O)N1N=C(c2ccc(Br)cc2)C[C@H]1c1ccc(OC)cc1. The van der Waals surface area contributed by atoms with E-state index in [4.69, 9.17) is 9.84 Å². The third-order valence-electron chi connectivity index (χ3n) is 5.38. The van der Waals surface area contributed by atoms with Crippen molar-refractivity contribution in [1.29, 1.82) is 0 Å². The van der Waals surface area contributed by atoms with Gasteiger partial charge in [-0.05, 0) is 48.5 Å². The monoisotopic (exact) mass is 457 g/mol. The predicted molar refractivity (Wildman–Crippen MR) is 120 cm³/mol. The number of carbonyl (C=O) groups is 1. The van der Waals surface area contributed by atoms with Crippen molar-refractivity contribution in [1.82, 2.24) is 9.91 Å². The second-order valence-electron chi connectivity index (χ2n) is 7.06. The summed E-state index contributed by atoms with van der Waals surface area (Å²) < 4.78 is 6.30. The highest BCUT2D eigenvalue weighted by Crippen LogP contribution is 2.34. The molecule has 1 amide bonds. The van der Waals surface area contributed by atoms with Gasteiger partial charge in [0.1, 0.15) is 5.75 Å². The van der Waals surface area contributed by atoms with Gasteiger partial charge in [-0.15, -0.1) is 0 Å². The van der Waals surface area contributed by atoms with Crippen molar-refractivity contribution < 1.29 is 9.53 Å². The van der Waals surface area contributed by atoms with Gasteiger partial charge in [0.2, 0.25) is 5.91 Å². The van der Waals surface area contributed by atoms with Crippen LogP contribution in [0.15, 0.2) is 58.1 Å². The molecule has 29 heavy (non-hydrogen) atoms. The normalized spacial score (nSPS) is 16.2. The Bertz CT molecular complexity index is 845. The van der Waals surface area contributed by atoms with E-state index in [9.17, 15) is 4.79 Å². The van der Waals surface area contributed by atoms with Crippen LogP contribution in [0, 0.1) is 0 Å². The van der Waals surface area contributed by atoms with E-state index in [2.05, 4.69) is 34.7 Å². The molecule has 0 radical (unpaired) electrons. The highest BCUT2D eigenvalue weighted by molar-refractivity contribution is 9.10. The minimum atomic E-state index is -0.0937. The summed E-state index contributed by atoms with van der Waals surface area (Å²) in [4.78, 5) is 15.3. The van der Waals surface area contributed by atoms with E-state index in [0.717, 1.165) is 46.7 Å². The summed E-state index contributed by atoms with van der Waals surface area (Å²) in [5.74, 6) is 0.866. The fourth-order valence-electron chi connectivity index (χ4n) is 3.55. The fraction of sp³-hybridized carbons (Fsp3) is 0.391. The first-order valence-corrected chi connectivity index (χ1v) is 10.9. The summed E-state index contributed by atoms with van der Waals surface area (Å²) in [7, 11) is 1.66. The van der Waals surface area contributed by atoms with Crippen LogP contribution in [0.25, 0.3) is 0 Å². The van der Waals surface area contributed by atoms with Gasteiger partial charge in [-0.25, -0.2) is 5.01 Å². The minimum Gasteiger partial charge on any atom is -0.497 e. The number of ether oxygens (including phenoxy) is 1. The number of benzene rings is 2. The first-order chi connectivity index (χ1) is 14.0. The van der Waals surface area contributed by atoms with Gasteiger partial charge < -0.3 is 9.64 Å². The van der Waals surface area contributed by atoms with E-state index in [1.54, 1.807) is 12.1 Å². The van der Waals surface area contributed by atoms with Crippen LogP contribution in [0.3, 0.4) is 0 Å². The van der Waals surface area contributed by atoms with Gasteiger partial charge in [0.25, 0.3) is 0 Å². The summed E-state index contributed by atoms with van der Waals surface area (Å²) in [5, 5.41) is 6.44. The van der Waals surface area contributed by atoms with Crippen LogP contribution >= 0.6 is 15.9 Å². The predicted octanol–water partition coefficient (Wildman–Crippen LogP) is 4.87. The van der Waals surface area contributed by atoms with Crippen molar-refractivity contribution in [3.63, 3.8) is 0 Å². The van der Waals surface area contributed by atoms with E-state index >= 15 is 0 Å². The molecule has 2 aromatic carbocycles. The van der Waals surface area contributed by atoms with E-state index in [1.165, 1.54) is 0 Å². The molecule has 154 valence electrons. The summed E-state index contributed by atoms with van der Waals surface area (Å²) in [6, 6.07) is 15.9. The van der Waals surface area contributed by atoms with Gasteiger partial charge in [0.05, 0.1) is 18.9 Å². The standard InChI is InChI=1S/C23H28BrN3O2/c1-4-26(5-2)15-14-23(28)27-22(18-8-12-20(29-3)13-9-18)16-21(25-27)17-6-10-19(24)11-7-17/h6-13,22H,4-5,14-16H2,1-3H3/t22-/m0/s1. The van der Waals surface area contributed by atoms with Gasteiger partial charge in [0, 0.05) is 23.9 Å². The Kier molecular flexibility index (Phi) is 7.45. The molecule has 1 aliphatic rings. The van der Waals surface area contributed by atoms with Crippen LogP contribution in [0.4, 0.5) is 0 Å². The number of hydrogen-bond donors (Lipinski definition) is 0. The number of hydrogen-bond acceptors (Lipinski definition) is 4. The van der Waals surface area contributed by atoms with E-state index in [1.807, 2.05) is 48.5 Å². The van der Waals surface area contributed by atoms with Crippen molar-refractivity contribution in [2.24, 2.45) is 5.10 Å². The van der Waals surface area contributed by atoms with Crippen molar-refractivity contribution in [2.75, 3.05) is 26.7 Å². The van der Waals surface area contributed by atoms with Crippen LogP contribution in [0.1, 0.15) is 43.9 Å². The van der Waals surface area contributed by atoms with E-state index in [0.29, 0.717) is 12.8 Å². The molecule has 2 aromatic rings. The van der Waals surface area contributed by atoms with Gasteiger partial charge in [-0.1, -0.05) is 54.0 Å². The molecular weight excluding hydrogens is 430 g/mol.